The summed E-state index contributed by atoms with van der Waals surface area (Å²) in [5, 5.41) is 6.04. The van der Waals surface area contributed by atoms with Crippen molar-refractivity contribution in [1.29, 1.82) is 0 Å². The normalized spacial score (nSPS) is 17.2. The Morgan fingerprint density at radius 1 is 1.00 bits per heavy atom. The van der Waals surface area contributed by atoms with E-state index in [4.69, 9.17) is 9.15 Å². The summed E-state index contributed by atoms with van der Waals surface area (Å²) in [5.41, 5.74) is 1.51. The number of amides is 3. The summed E-state index contributed by atoms with van der Waals surface area (Å²) >= 11 is 0. The minimum Gasteiger partial charge on any atom is -0.480 e. The molecule has 1 aliphatic carbocycles. The number of methoxy groups -OCH3 is 1. The Labute approximate surface area is 227 Å². The lowest BCUT2D eigenvalue weighted by Crippen LogP contribution is -2.39. The van der Waals surface area contributed by atoms with Crippen LogP contribution in [0.2, 0.25) is 0 Å². The summed E-state index contributed by atoms with van der Waals surface area (Å²) in [6.45, 7) is 3.36. The summed E-state index contributed by atoms with van der Waals surface area (Å²) in [5.74, 6) is -0.560. The zero-order valence-electron chi connectivity index (χ0n) is 23.1. The SMILES string of the molecule is COc1nccc2oc(C(=O)Nc3ccc(C)cn3)c(NC(=O)C3CCC(C(=O)N(C)CCN(C)C)CC3)c12. The van der Waals surface area contributed by atoms with Gasteiger partial charge in [0.1, 0.15) is 22.5 Å². The minimum atomic E-state index is -0.560. The van der Waals surface area contributed by atoms with Gasteiger partial charge in [0.25, 0.3) is 5.91 Å². The molecule has 1 saturated carbocycles. The molecule has 1 aliphatic rings. The monoisotopic (exact) mass is 536 g/mol. The van der Waals surface area contributed by atoms with Gasteiger partial charge >= 0.3 is 0 Å². The third-order valence-electron chi connectivity index (χ3n) is 7.07. The fraction of sp³-hybridized carbons (Fsp3) is 0.464. The molecule has 0 saturated heterocycles. The Morgan fingerprint density at radius 2 is 1.72 bits per heavy atom. The molecule has 0 radical (unpaired) electrons. The Balaban J connectivity index is 1.50. The number of hydrogen-bond acceptors (Lipinski definition) is 8. The molecule has 0 aromatic carbocycles. The number of nitrogens with zero attached hydrogens (tertiary/aromatic N) is 4. The van der Waals surface area contributed by atoms with Gasteiger partial charge in [0.05, 0.1) is 7.11 Å². The van der Waals surface area contributed by atoms with Gasteiger partial charge in [0, 0.05) is 50.4 Å². The number of pyridine rings is 2. The lowest BCUT2D eigenvalue weighted by molar-refractivity contribution is -0.136. The number of fused-ring (bicyclic) bond motifs is 1. The van der Waals surface area contributed by atoms with Crippen molar-refractivity contribution in [1.82, 2.24) is 19.8 Å². The maximum atomic E-state index is 13.4. The Hall–Kier alpha value is -3.99. The highest BCUT2D eigenvalue weighted by atomic mass is 16.5. The predicted octanol–water partition coefficient (Wildman–Crippen LogP) is 3.56. The molecule has 0 atom stereocenters. The van der Waals surface area contributed by atoms with Crippen LogP contribution in [0.4, 0.5) is 11.5 Å². The molecule has 3 amide bonds. The van der Waals surface area contributed by atoms with Crippen LogP contribution in [0.5, 0.6) is 5.88 Å². The molecule has 4 rings (SSSR count). The Morgan fingerprint density at radius 3 is 2.36 bits per heavy atom. The fourth-order valence-electron chi connectivity index (χ4n) is 4.76. The van der Waals surface area contributed by atoms with Crippen molar-refractivity contribution in [3.05, 3.63) is 41.9 Å². The van der Waals surface area contributed by atoms with Crippen molar-refractivity contribution < 1.29 is 23.5 Å². The highest BCUT2D eigenvalue weighted by Crippen LogP contribution is 2.38. The number of carbonyl (C=O) groups is 3. The van der Waals surface area contributed by atoms with E-state index in [0.717, 1.165) is 12.1 Å². The van der Waals surface area contributed by atoms with Gasteiger partial charge in [-0.2, -0.15) is 0 Å². The number of hydrogen-bond donors (Lipinski definition) is 2. The summed E-state index contributed by atoms with van der Waals surface area (Å²) < 4.78 is 11.3. The topological polar surface area (TPSA) is 130 Å². The first-order chi connectivity index (χ1) is 18.7. The highest BCUT2D eigenvalue weighted by Gasteiger charge is 2.33. The van der Waals surface area contributed by atoms with E-state index >= 15 is 0 Å². The lowest BCUT2D eigenvalue weighted by atomic mass is 9.81. The van der Waals surface area contributed by atoms with E-state index in [-0.39, 0.29) is 41.0 Å². The number of ether oxygens (including phenoxy) is 1. The van der Waals surface area contributed by atoms with E-state index in [2.05, 4.69) is 20.6 Å². The quantitative estimate of drug-likeness (QED) is 0.425. The second-order valence-electron chi connectivity index (χ2n) is 10.3. The predicted molar refractivity (Wildman–Crippen MR) is 148 cm³/mol. The number of furan rings is 1. The van der Waals surface area contributed by atoms with Crippen LogP contribution in [0.1, 0.15) is 41.8 Å². The van der Waals surface area contributed by atoms with Gasteiger partial charge in [0.15, 0.2) is 0 Å². The van der Waals surface area contributed by atoms with Crippen LogP contribution in [-0.4, -0.2) is 78.8 Å². The molecule has 11 heteroatoms. The molecular formula is C28H36N6O5. The minimum absolute atomic E-state index is 0.0709. The zero-order valence-corrected chi connectivity index (χ0v) is 23.1. The highest BCUT2D eigenvalue weighted by molar-refractivity contribution is 6.15. The van der Waals surface area contributed by atoms with Gasteiger partial charge in [-0.25, -0.2) is 9.97 Å². The summed E-state index contributed by atoms with van der Waals surface area (Å²) in [4.78, 5) is 51.8. The van der Waals surface area contributed by atoms with Gasteiger partial charge in [-0.3, -0.25) is 14.4 Å². The number of likely N-dealkylation sites (N-methyl/N-ethyl adjacent to an activating group) is 2. The molecule has 0 bridgehead atoms. The number of rotatable bonds is 9. The molecule has 208 valence electrons. The van der Waals surface area contributed by atoms with E-state index in [1.165, 1.54) is 13.3 Å². The van der Waals surface area contributed by atoms with E-state index in [0.29, 0.717) is 49.0 Å². The van der Waals surface area contributed by atoms with Gasteiger partial charge in [-0.05, 0) is 58.3 Å². The first kappa shape index (κ1) is 28.0. The van der Waals surface area contributed by atoms with Gasteiger partial charge < -0.3 is 29.6 Å². The lowest BCUT2D eigenvalue weighted by Gasteiger charge is -2.30. The largest absolute Gasteiger partial charge is 0.480 e. The second-order valence-corrected chi connectivity index (χ2v) is 10.3. The maximum Gasteiger partial charge on any atom is 0.294 e. The molecule has 0 spiro atoms. The molecule has 1 fully saturated rings. The van der Waals surface area contributed by atoms with Crippen LogP contribution >= 0.6 is 0 Å². The molecule has 0 unspecified atom stereocenters. The molecule has 3 aromatic heterocycles. The number of anilines is 2. The zero-order chi connectivity index (χ0) is 28.1. The van der Waals surface area contributed by atoms with Crippen LogP contribution in [0, 0.1) is 18.8 Å². The molecular weight excluding hydrogens is 500 g/mol. The third kappa shape index (κ3) is 6.54. The average Bonchev–Trinajstić information content (AvgIpc) is 3.31. The van der Waals surface area contributed by atoms with E-state index in [1.54, 1.807) is 23.2 Å². The van der Waals surface area contributed by atoms with Crippen molar-refractivity contribution in [2.45, 2.75) is 32.6 Å². The second kappa shape index (κ2) is 12.2. The average molecular weight is 537 g/mol. The molecule has 2 N–H and O–H groups in total. The van der Waals surface area contributed by atoms with E-state index in [9.17, 15) is 14.4 Å². The van der Waals surface area contributed by atoms with Crippen LogP contribution in [0.3, 0.4) is 0 Å². The van der Waals surface area contributed by atoms with Crippen molar-refractivity contribution >= 4 is 40.2 Å². The summed E-state index contributed by atoms with van der Waals surface area (Å²) in [6.07, 6.45) is 5.56. The first-order valence-corrected chi connectivity index (χ1v) is 13.1. The van der Waals surface area contributed by atoms with E-state index in [1.807, 2.05) is 39.0 Å². The molecule has 11 nitrogen and oxygen atoms in total. The fourth-order valence-corrected chi connectivity index (χ4v) is 4.76. The van der Waals surface area contributed by atoms with Gasteiger partial charge in [-0.15, -0.1) is 0 Å². The van der Waals surface area contributed by atoms with Gasteiger partial charge in [0.2, 0.25) is 23.5 Å². The first-order valence-electron chi connectivity index (χ1n) is 13.1. The summed E-state index contributed by atoms with van der Waals surface area (Å²) in [7, 11) is 7.25. The molecule has 3 heterocycles. The van der Waals surface area contributed by atoms with Crippen molar-refractivity contribution in [3.63, 3.8) is 0 Å². The third-order valence-corrected chi connectivity index (χ3v) is 7.07. The standard InChI is InChI=1S/C28H36N6O5/c1-17-6-11-21(30-16-17)31-26(36)24-23(22-20(39-24)12-13-29-27(22)38-5)32-25(35)18-7-9-19(10-8-18)28(37)34(4)15-14-33(2)3/h6,11-13,16,18-19H,7-10,14-15H2,1-5H3,(H,32,35)(H,30,31,36). The van der Waals surface area contributed by atoms with E-state index < -0.39 is 5.91 Å². The molecule has 3 aromatic rings. The van der Waals surface area contributed by atoms with Crippen LogP contribution in [0.15, 0.2) is 35.0 Å². The maximum absolute atomic E-state index is 13.4. The van der Waals surface area contributed by atoms with Crippen molar-refractivity contribution in [3.8, 4) is 5.88 Å². The Kier molecular flexibility index (Phi) is 8.80. The van der Waals surface area contributed by atoms with Crippen LogP contribution < -0.4 is 15.4 Å². The molecule has 0 aliphatic heterocycles. The van der Waals surface area contributed by atoms with Crippen molar-refractivity contribution in [2.24, 2.45) is 11.8 Å². The molecule has 39 heavy (non-hydrogen) atoms. The summed E-state index contributed by atoms with van der Waals surface area (Å²) in [6, 6.07) is 5.13. The van der Waals surface area contributed by atoms with Crippen LogP contribution in [0.25, 0.3) is 11.0 Å². The smallest absolute Gasteiger partial charge is 0.294 e. The van der Waals surface area contributed by atoms with Crippen molar-refractivity contribution in [2.75, 3.05) is 52.0 Å². The Bertz CT molecular complexity index is 1330. The number of carbonyl (C=O) groups excluding carboxylic acids is 3. The number of aromatic nitrogens is 2. The van der Waals surface area contributed by atoms with Gasteiger partial charge in [-0.1, -0.05) is 6.07 Å². The number of nitrogens with one attached hydrogen (secondary N) is 2. The van der Waals surface area contributed by atoms with Crippen LogP contribution in [-0.2, 0) is 9.59 Å². The number of aryl methyl sites for hydroxylation is 1.